The Bertz CT molecular complexity index is 954. The molecule has 0 aliphatic rings. The highest BCUT2D eigenvalue weighted by Gasteiger charge is 2.13. The number of carboxylic acids is 1. The van der Waals surface area contributed by atoms with Gasteiger partial charge in [-0.25, -0.2) is 4.79 Å². The zero-order chi connectivity index (χ0) is 18.7. The highest BCUT2D eigenvalue weighted by Crippen LogP contribution is 2.26. The monoisotopic (exact) mass is 478 g/mol. The van der Waals surface area contributed by atoms with Gasteiger partial charge in [0.05, 0.1) is 6.54 Å². The number of carboxylic acid groups (broad SMARTS) is 1. The van der Waals surface area contributed by atoms with Crippen molar-refractivity contribution in [3.8, 4) is 5.75 Å². The molecule has 3 rings (SSSR count). The van der Waals surface area contributed by atoms with Crippen molar-refractivity contribution in [3.63, 3.8) is 0 Å². The van der Waals surface area contributed by atoms with Crippen molar-refractivity contribution in [2.24, 2.45) is 0 Å². The predicted octanol–water partition coefficient (Wildman–Crippen LogP) is 5.04. The smallest absolute Gasteiger partial charge is 0.356 e. The van der Waals surface area contributed by atoms with E-state index in [0.29, 0.717) is 13.2 Å². The summed E-state index contributed by atoms with van der Waals surface area (Å²) in [6, 6.07) is 15.3. The highest BCUT2D eigenvalue weighted by molar-refractivity contribution is 9.10. The number of benzene rings is 2. The van der Waals surface area contributed by atoms with Crippen molar-refractivity contribution in [1.82, 2.24) is 9.78 Å². The number of carbonyl (C=O) groups is 1. The number of aromatic nitrogens is 2. The molecular formula is C19H16Br2N2O3. The first-order valence-corrected chi connectivity index (χ1v) is 9.44. The molecule has 7 heteroatoms. The summed E-state index contributed by atoms with van der Waals surface area (Å²) in [6.07, 6.45) is 0. The molecule has 0 fully saturated rings. The van der Waals surface area contributed by atoms with Crippen molar-refractivity contribution in [2.75, 3.05) is 0 Å². The van der Waals surface area contributed by atoms with Gasteiger partial charge < -0.3 is 9.84 Å². The first-order chi connectivity index (χ1) is 12.4. The molecular weight excluding hydrogens is 464 g/mol. The van der Waals surface area contributed by atoms with E-state index >= 15 is 0 Å². The number of aryl methyl sites for hydroxylation is 1. The van der Waals surface area contributed by atoms with Gasteiger partial charge in [0.15, 0.2) is 5.69 Å². The van der Waals surface area contributed by atoms with Crippen molar-refractivity contribution in [2.45, 2.75) is 20.1 Å². The largest absolute Gasteiger partial charge is 0.489 e. The Hall–Kier alpha value is -2.12. The van der Waals surface area contributed by atoms with Gasteiger partial charge in [-0.05, 0) is 48.9 Å². The van der Waals surface area contributed by atoms with E-state index in [9.17, 15) is 4.79 Å². The molecule has 0 saturated carbocycles. The molecule has 0 unspecified atom stereocenters. The normalized spacial score (nSPS) is 10.7. The van der Waals surface area contributed by atoms with E-state index in [1.165, 1.54) is 0 Å². The van der Waals surface area contributed by atoms with Crippen LogP contribution in [-0.2, 0) is 13.2 Å². The zero-order valence-corrected chi connectivity index (χ0v) is 17.1. The lowest BCUT2D eigenvalue weighted by molar-refractivity contribution is 0.0689. The van der Waals surface area contributed by atoms with E-state index in [2.05, 4.69) is 37.0 Å². The number of hydrogen-bond acceptors (Lipinski definition) is 3. The molecule has 2 aromatic carbocycles. The molecule has 0 spiro atoms. The summed E-state index contributed by atoms with van der Waals surface area (Å²) in [5, 5.41) is 13.3. The summed E-state index contributed by atoms with van der Waals surface area (Å²) in [5.41, 5.74) is 2.78. The number of nitrogens with zero attached hydrogens (tertiary/aromatic N) is 2. The topological polar surface area (TPSA) is 64.3 Å². The fraction of sp³-hybridized carbons (Fsp3) is 0.158. The summed E-state index contributed by atoms with van der Waals surface area (Å²) in [4.78, 5) is 11.1. The second-order valence-electron chi connectivity index (χ2n) is 5.80. The van der Waals surface area contributed by atoms with E-state index in [1.54, 1.807) is 10.7 Å². The minimum Gasteiger partial charge on any atom is -0.489 e. The standard InChI is InChI=1S/C19H16Br2N2O3/c1-12-7-17(19(24)25)22-23(12)10-14-9-16(21)5-6-18(14)26-11-13-3-2-4-15(20)8-13/h2-9H,10-11H2,1H3,(H,24,25). The van der Waals surface area contributed by atoms with Gasteiger partial charge in [-0.15, -0.1) is 0 Å². The molecule has 1 heterocycles. The van der Waals surface area contributed by atoms with Gasteiger partial charge in [-0.3, -0.25) is 4.68 Å². The lowest BCUT2D eigenvalue weighted by Gasteiger charge is -2.13. The van der Waals surface area contributed by atoms with E-state index < -0.39 is 5.97 Å². The fourth-order valence-corrected chi connectivity index (χ4v) is 3.39. The molecule has 0 aliphatic heterocycles. The molecule has 0 atom stereocenters. The summed E-state index contributed by atoms with van der Waals surface area (Å²) in [6.45, 7) is 2.69. The van der Waals surface area contributed by atoms with E-state index in [-0.39, 0.29) is 5.69 Å². The SMILES string of the molecule is Cc1cc(C(=O)O)nn1Cc1cc(Br)ccc1OCc1cccc(Br)c1. The number of ether oxygens (including phenoxy) is 1. The van der Waals surface area contributed by atoms with Crippen LogP contribution in [0.15, 0.2) is 57.5 Å². The third kappa shape index (κ3) is 4.53. The molecule has 0 aliphatic carbocycles. The van der Waals surface area contributed by atoms with Gasteiger partial charge in [0, 0.05) is 20.2 Å². The maximum atomic E-state index is 11.1. The summed E-state index contributed by atoms with van der Waals surface area (Å²) < 4.78 is 9.59. The minimum absolute atomic E-state index is 0.0362. The number of hydrogen-bond donors (Lipinski definition) is 1. The van der Waals surface area contributed by atoms with Crippen LogP contribution in [0, 0.1) is 6.92 Å². The highest BCUT2D eigenvalue weighted by atomic mass is 79.9. The van der Waals surface area contributed by atoms with Gasteiger partial charge in [-0.1, -0.05) is 44.0 Å². The Kier molecular flexibility index (Phi) is 5.78. The van der Waals surface area contributed by atoms with Gasteiger partial charge in [0.1, 0.15) is 12.4 Å². The molecule has 26 heavy (non-hydrogen) atoms. The van der Waals surface area contributed by atoms with Crippen LogP contribution in [-0.4, -0.2) is 20.9 Å². The quantitative estimate of drug-likeness (QED) is 0.537. The second-order valence-corrected chi connectivity index (χ2v) is 7.64. The molecule has 0 bridgehead atoms. The third-order valence-corrected chi connectivity index (χ3v) is 4.81. The van der Waals surface area contributed by atoms with Gasteiger partial charge >= 0.3 is 5.97 Å². The van der Waals surface area contributed by atoms with Gasteiger partial charge in [-0.2, -0.15) is 5.10 Å². The third-order valence-electron chi connectivity index (χ3n) is 3.83. The zero-order valence-electron chi connectivity index (χ0n) is 13.9. The Morgan fingerprint density at radius 1 is 1.15 bits per heavy atom. The van der Waals surface area contributed by atoms with Crippen molar-refractivity contribution < 1.29 is 14.6 Å². The van der Waals surface area contributed by atoms with Crippen molar-refractivity contribution >= 4 is 37.8 Å². The van der Waals surface area contributed by atoms with Crippen LogP contribution in [0.1, 0.15) is 27.3 Å². The van der Waals surface area contributed by atoms with E-state index in [4.69, 9.17) is 9.84 Å². The Balaban J connectivity index is 1.83. The van der Waals surface area contributed by atoms with Crippen molar-refractivity contribution in [1.29, 1.82) is 0 Å². The van der Waals surface area contributed by atoms with Crippen LogP contribution in [0.5, 0.6) is 5.75 Å². The van der Waals surface area contributed by atoms with Crippen LogP contribution < -0.4 is 4.74 Å². The number of rotatable bonds is 6. The summed E-state index contributed by atoms with van der Waals surface area (Å²) >= 11 is 6.93. The number of aromatic carboxylic acids is 1. The Morgan fingerprint density at radius 2 is 1.92 bits per heavy atom. The molecule has 0 saturated heterocycles. The predicted molar refractivity (Wildman–Crippen MR) is 106 cm³/mol. The molecule has 3 aromatic rings. The summed E-state index contributed by atoms with van der Waals surface area (Å²) in [7, 11) is 0. The van der Waals surface area contributed by atoms with Crippen LogP contribution in [0.2, 0.25) is 0 Å². The average Bonchev–Trinajstić information content (AvgIpc) is 2.95. The number of halogens is 2. The van der Waals surface area contributed by atoms with Gasteiger partial charge in [0.2, 0.25) is 0 Å². The van der Waals surface area contributed by atoms with E-state index in [1.807, 2.05) is 49.4 Å². The lowest BCUT2D eigenvalue weighted by Crippen LogP contribution is -2.08. The molecule has 5 nitrogen and oxygen atoms in total. The van der Waals surface area contributed by atoms with Gasteiger partial charge in [0.25, 0.3) is 0 Å². The van der Waals surface area contributed by atoms with Crippen molar-refractivity contribution in [3.05, 3.63) is 80.0 Å². The Labute approximate surface area is 167 Å². The van der Waals surface area contributed by atoms with Crippen LogP contribution in [0.4, 0.5) is 0 Å². The molecule has 1 aromatic heterocycles. The molecule has 134 valence electrons. The first-order valence-electron chi connectivity index (χ1n) is 7.86. The minimum atomic E-state index is -1.03. The van der Waals surface area contributed by atoms with Crippen LogP contribution >= 0.6 is 31.9 Å². The maximum absolute atomic E-state index is 11.1. The lowest BCUT2D eigenvalue weighted by atomic mass is 10.2. The van der Waals surface area contributed by atoms with Crippen LogP contribution in [0.25, 0.3) is 0 Å². The van der Waals surface area contributed by atoms with E-state index in [0.717, 1.165) is 31.5 Å². The fourth-order valence-electron chi connectivity index (χ4n) is 2.54. The second kappa shape index (κ2) is 8.05. The molecule has 0 amide bonds. The molecule has 1 N–H and O–H groups in total. The first kappa shape index (κ1) is 18.7. The Morgan fingerprint density at radius 3 is 2.62 bits per heavy atom. The summed E-state index contributed by atoms with van der Waals surface area (Å²) in [5.74, 6) is -0.299. The maximum Gasteiger partial charge on any atom is 0.356 e. The molecule has 0 radical (unpaired) electrons. The average molecular weight is 480 g/mol. The van der Waals surface area contributed by atoms with Crippen LogP contribution in [0.3, 0.4) is 0 Å².